The third-order valence-corrected chi connectivity index (χ3v) is 2.77. The molecular weight excluding hydrogens is 234 g/mol. The van der Waals surface area contributed by atoms with E-state index in [4.69, 9.17) is 9.47 Å². The highest BCUT2D eigenvalue weighted by atomic mass is 16.5. The molecule has 1 aromatic heterocycles. The van der Waals surface area contributed by atoms with Gasteiger partial charge in [-0.2, -0.15) is 9.97 Å². The number of aromatic nitrogens is 3. The Hall–Kier alpha value is -1.63. The summed E-state index contributed by atoms with van der Waals surface area (Å²) in [4.78, 5) is 14.2. The molecule has 0 radical (unpaired) electrons. The highest BCUT2D eigenvalue weighted by Crippen LogP contribution is 2.15. The molecule has 0 saturated carbocycles. The van der Waals surface area contributed by atoms with Crippen LogP contribution in [-0.2, 0) is 0 Å². The van der Waals surface area contributed by atoms with Crippen molar-refractivity contribution in [3.05, 3.63) is 0 Å². The summed E-state index contributed by atoms with van der Waals surface area (Å²) in [5.41, 5.74) is -0.111. The van der Waals surface area contributed by atoms with Crippen LogP contribution in [0.4, 0.5) is 5.95 Å². The first-order valence-electron chi connectivity index (χ1n) is 5.67. The van der Waals surface area contributed by atoms with Crippen molar-refractivity contribution in [2.45, 2.75) is 19.4 Å². The van der Waals surface area contributed by atoms with Crippen molar-refractivity contribution < 1.29 is 9.47 Å². The van der Waals surface area contributed by atoms with Gasteiger partial charge in [0.15, 0.2) is 0 Å². The monoisotopic (exact) mass is 255 g/mol. The number of hydrogen-bond acceptors (Lipinski definition) is 7. The SMILES string of the molecule is CNc1nc(OC)nc(OCC(C)(C)N(C)C)n1. The molecule has 0 aliphatic heterocycles. The van der Waals surface area contributed by atoms with Gasteiger partial charge in [-0.3, -0.25) is 0 Å². The molecular formula is C11H21N5O2. The van der Waals surface area contributed by atoms with E-state index in [0.717, 1.165) is 0 Å². The van der Waals surface area contributed by atoms with Crippen molar-refractivity contribution in [3.8, 4) is 12.0 Å². The van der Waals surface area contributed by atoms with Crippen molar-refractivity contribution >= 4 is 5.95 Å². The van der Waals surface area contributed by atoms with Gasteiger partial charge in [-0.25, -0.2) is 0 Å². The molecule has 0 aliphatic carbocycles. The Balaban J connectivity index is 2.78. The van der Waals surface area contributed by atoms with Gasteiger partial charge in [0.2, 0.25) is 5.95 Å². The molecule has 7 heteroatoms. The first-order chi connectivity index (χ1) is 8.39. The fourth-order valence-electron chi connectivity index (χ4n) is 0.976. The molecule has 1 rings (SSSR count). The van der Waals surface area contributed by atoms with Gasteiger partial charge in [0.05, 0.1) is 7.11 Å². The maximum atomic E-state index is 5.59. The van der Waals surface area contributed by atoms with Crippen LogP contribution in [-0.4, -0.2) is 60.3 Å². The largest absolute Gasteiger partial charge is 0.467 e. The van der Waals surface area contributed by atoms with Crippen LogP contribution in [0, 0.1) is 0 Å². The zero-order valence-electron chi connectivity index (χ0n) is 11.8. The van der Waals surface area contributed by atoms with Gasteiger partial charge in [0, 0.05) is 12.6 Å². The lowest BCUT2D eigenvalue weighted by atomic mass is 10.1. The van der Waals surface area contributed by atoms with Crippen LogP contribution < -0.4 is 14.8 Å². The molecule has 0 atom stereocenters. The van der Waals surface area contributed by atoms with Gasteiger partial charge in [0.25, 0.3) is 0 Å². The lowest BCUT2D eigenvalue weighted by Gasteiger charge is -2.31. The highest BCUT2D eigenvalue weighted by Gasteiger charge is 2.22. The molecule has 0 spiro atoms. The van der Waals surface area contributed by atoms with Crippen LogP contribution >= 0.6 is 0 Å². The number of hydrogen-bond donors (Lipinski definition) is 1. The minimum Gasteiger partial charge on any atom is -0.467 e. The van der Waals surface area contributed by atoms with E-state index in [0.29, 0.717) is 12.6 Å². The summed E-state index contributed by atoms with van der Waals surface area (Å²) < 4.78 is 10.6. The van der Waals surface area contributed by atoms with Crippen LogP contribution in [0.1, 0.15) is 13.8 Å². The number of likely N-dealkylation sites (N-methyl/N-ethyl adjacent to an activating group) is 1. The predicted molar refractivity (Wildman–Crippen MR) is 69.2 cm³/mol. The van der Waals surface area contributed by atoms with E-state index < -0.39 is 0 Å². The first-order valence-corrected chi connectivity index (χ1v) is 5.67. The minimum atomic E-state index is -0.111. The van der Waals surface area contributed by atoms with E-state index in [2.05, 4.69) is 39.0 Å². The third-order valence-electron chi connectivity index (χ3n) is 2.77. The summed E-state index contributed by atoms with van der Waals surface area (Å²) in [6.07, 6.45) is 0. The molecule has 1 heterocycles. The molecule has 0 aromatic carbocycles. The maximum absolute atomic E-state index is 5.59. The van der Waals surface area contributed by atoms with Crippen LogP contribution in [0.15, 0.2) is 0 Å². The molecule has 0 bridgehead atoms. The standard InChI is InChI=1S/C11H21N5O2/c1-11(2,16(4)5)7-18-10-14-8(12-3)13-9(15-10)17-6/h7H2,1-6H3,(H,12,13,14,15). The number of rotatable bonds is 6. The lowest BCUT2D eigenvalue weighted by molar-refractivity contribution is 0.107. The van der Waals surface area contributed by atoms with E-state index >= 15 is 0 Å². The molecule has 0 saturated heterocycles. The summed E-state index contributed by atoms with van der Waals surface area (Å²) in [6, 6.07) is 0.480. The topological polar surface area (TPSA) is 72.4 Å². The van der Waals surface area contributed by atoms with Crippen LogP contribution in [0.5, 0.6) is 12.0 Å². The van der Waals surface area contributed by atoms with Crippen molar-refractivity contribution in [1.29, 1.82) is 0 Å². The van der Waals surface area contributed by atoms with E-state index in [1.54, 1.807) is 7.05 Å². The summed E-state index contributed by atoms with van der Waals surface area (Å²) >= 11 is 0. The number of anilines is 1. The van der Waals surface area contributed by atoms with Gasteiger partial charge in [-0.15, -0.1) is 4.98 Å². The second-order valence-electron chi connectivity index (χ2n) is 4.67. The highest BCUT2D eigenvalue weighted by molar-refractivity contribution is 5.26. The van der Waals surface area contributed by atoms with Gasteiger partial charge >= 0.3 is 12.0 Å². The molecule has 1 aromatic rings. The molecule has 0 fully saturated rings. The second kappa shape index (κ2) is 5.81. The van der Waals surface area contributed by atoms with Crippen molar-refractivity contribution in [2.75, 3.05) is 40.2 Å². The normalized spacial score (nSPS) is 11.5. The second-order valence-corrected chi connectivity index (χ2v) is 4.67. The predicted octanol–water partition coefficient (Wildman–Crippen LogP) is 0.641. The molecule has 1 N–H and O–H groups in total. The smallest absolute Gasteiger partial charge is 0.324 e. The van der Waals surface area contributed by atoms with Crippen molar-refractivity contribution in [1.82, 2.24) is 19.9 Å². The minimum absolute atomic E-state index is 0.111. The lowest BCUT2D eigenvalue weighted by Crippen LogP contribution is -2.43. The zero-order chi connectivity index (χ0) is 13.8. The van der Waals surface area contributed by atoms with E-state index in [-0.39, 0.29) is 17.6 Å². The number of methoxy groups -OCH3 is 1. The fourth-order valence-corrected chi connectivity index (χ4v) is 0.976. The summed E-state index contributed by atoms with van der Waals surface area (Å²) in [5, 5.41) is 2.83. The Kier molecular flexibility index (Phi) is 4.66. The summed E-state index contributed by atoms with van der Waals surface area (Å²) in [6.45, 7) is 4.62. The first kappa shape index (κ1) is 14.4. The molecule has 0 unspecified atom stereocenters. The quantitative estimate of drug-likeness (QED) is 0.799. The Morgan fingerprint density at radius 3 is 2.28 bits per heavy atom. The van der Waals surface area contributed by atoms with E-state index in [1.807, 2.05) is 14.1 Å². The Bertz CT molecular complexity index is 373. The average molecular weight is 255 g/mol. The molecule has 18 heavy (non-hydrogen) atoms. The average Bonchev–Trinajstić information content (AvgIpc) is 2.35. The molecule has 102 valence electrons. The Labute approximate surface area is 108 Å². The third kappa shape index (κ3) is 3.69. The van der Waals surface area contributed by atoms with Crippen LogP contribution in [0.3, 0.4) is 0 Å². The van der Waals surface area contributed by atoms with Crippen LogP contribution in [0.25, 0.3) is 0 Å². The molecule has 0 aliphatic rings. The van der Waals surface area contributed by atoms with Crippen molar-refractivity contribution in [3.63, 3.8) is 0 Å². The zero-order valence-corrected chi connectivity index (χ0v) is 11.8. The summed E-state index contributed by atoms with van der Waals surface area (Å²) in [7, 11) is 7.22. The number of ether oxygens (including phenoxy) is 2. The van der Waals surface area contributed by atoms with E-state index in [9.17, 15) is 0 Å². The number of nitrogens with one attached hydrogen (secondary N) is 1. The Morgan fingerprint density at radius 2 is 1.78 bits per heavy atom. The van der Waals surface area contributed by atoms with Gasteiger partial charge in [0.1, 0.15) is 6.61 Å². The van der Waals surface area contributed by atoms with Gasteiger partial charge in [-0.1, -0.05) is 0 Å². The van der Waals surface area contributed by atoms with Gasteiger partial charge in [-0.05, 0) is 27.9 Å². The molecule has 7 nitrogen and oxygen atoms in total. The summed E-state index contributed by atoms with van der Waals surface area (Å²) in [5.74, 6) is 0.416. The van der Waals surface area contributed by atoms with Crippen LogP contribution in [0.2, 0.25) is 0 Å². The fraction of sp³-hybridized carbons (Fsp3) is 0.727. The van der Waals surface area contributed by atoms with Gasteiger partial charge < -0.3 is 19.7 Å². The van der Waals surface area contributed by atoms with Crippen molar-refractivity contribution in [2.24, 2.45) is 0 Å². The van der Waals surface area contributed by atoms with E-state index in [1.165, 1.54) is 7.11 Å². The Morgan fingerprint density at radius 1 is 1.17 bits per heavy atom. The number of nitrogens with zero attached hydrogens (tertiary/aromatic N) is 4. The maximum Gasteiger partial charge on any atom is 0.324 e. The molecule has 0 amide bonds.